The van der Waals surface area contributed by atoms with Crippen molar-refractivity contribution in [1.29, 1.82) is 0 Å². The Kier molecular flexibility index (Phi) is 4.85. The number of halogens is 2. The van der Waals surface area contributed by atoms with Gasteiger partial charge in [-0.15, -0.1) is 0 Å². The van der Waals surface area contributed by atoms with Crippen molar-refractivity contribution in [2.24, 2.45) is 0 Å². The standard InChI is InChI=1S/C16H15ClFO2/c1-3-11-8-12(18)9-16(17)15(11)10-20-14-6-4-13(19-2)5-7-14/h3-9H,10H2,1-2H3. The highest BCUT2D eigenvalue weighted by molar-refractivity contribution is 6.31. The maximum absolute atomic E-state index is 13.3. The molecule has 0 saturated heterocycles. The van der Waals surface area contributed by atoms with Crippen LogP contribution in [0.15, 0.2) is 36.4 Å². The summed E-state index contributed by atoms with van der Waals surface area (Å²) in [5.74, 6) is 1.12. The minimum absolute atomic E-state index is 0.283. The molecule has 0 unspecified atom stereocenters. The van der Waals surface area contributed by atoms with Crippen LogP contribution in [0.2, 0.25) is 5.02 Å². The average Bonchev–Trinajstić information content (AvgIpc) is 2.46. The van der Waals surface area contributed by atoms with Gasteiger partial charge in [-0.1, -0.05) is 18.5 Å². The first-order valence-electron chi connectivity index (χ1n) is 6.18. The van der Waals surface area contributed by atoms with E-state index in [1.807, 2.05) is 37.6 Å². The van der Waals surface area contributed by atoms with Gasteiger partial charge in [0.25, 0.3) is 0 Å². The molecule has 4 heteroatoms. The first-order valence-corrected chi connectivity index (χ1v) is 6.56. The van der Waals surface area contributed by atoms with E-state index < -0.39 is 0 Å². The van der Waals surface area contributed by atoms with Crippen LogP contribution in [-0.2, 0) is 6.61 Å². The topological polar surface area (TPSA) is 18.5 Å². The monoisotopic (exact) mass is 293 g/mol. The van der Waals surface area contributed by atoms with E-state index in [9.17, 15) is 4.39 Å². The van der Waals surface area contributed by atoms with E-state index >= 15 is 0 Å². The lowest BCUT2D eigenvalue weighted by molar-refractivity contribution is 0.304. The third-order valence-corrected chi connectivity index (χ3v) is 3.29. The molecule has 2 rings (SSSR count). The highest BCUT2D eigenvalue weighted by atomic mass is 35.5. The van der Waals surface area contributed by atoms with Gasteiger partial charge in [0, 0.05) is 5.56 Å². The van der Waals surface area contributed by atoms with Crippen molar-refractivity contribution in [3.63, 3.8) is 0 Å². The first kappa shape index (κ1) is 14.7. The number of hydrogen-bond donors (Lipinski definition) is 0. The number of ether oxygens (including phenoxy) is 2. The Labute approximate surface area is 123 Å². The molecule has 2 aromatic rings. The number of benzene rings is 2. The molecule has 105 valence electrons. The van der Waals surface area contributed by atoms with Gasteiger partial charge >= 0.3 is 0 Å². The number of hydrogen-bond acceptors (Lipinski definition) is 2. The van der Waals surface area contributed by atoms with Gasteiger partial charge < -0.3 is 9.47 Å². The largest absolute Gasteiger partial charge is 0.497 e. The lowest BCUT2D eigenvalue weighted by atomic mass is 10.1. The SMILES string of the molecule is C[CH]c1cc(F)cc(Cl)c1COc1ccc(OC)cc1. The molecule has 0 aliphatic rings. The van der Waals surface area contributed by atoms with Crippen LogP contribution in [0.4, 0.5) is 4.39 Å². The lowest BCUT2D eigenvalue weighted by Gasteiger charge is -2.12. The van der Waals surface area contributed by atoms with Gasteiger partial charge in [0.1, 0.15) is 23.9 Å². The van der Waals surface area contributed by atoms with E-state index in [0.717, 1.165) is 16.9 Å². The Morgan fingerprint density at radius 1 is 1.15 bits per heavy atom. The fourth-order valence-corrected chi connectivity index (χ4v) is 2.13. The summed E-state index contributed by atoms with van der Waals surface area (Å²) in [6.07, 6.45) is 1.81. The van der Waals surface area contributed by atoms with Crippen LogP contribution < -0.4 is 9.47 Å². The normalized spacial score (nSPS) is 10.4. The molecule has 0 fully saturated rings. The highest BCUT2D eigenvalue weighted by Crippen LogP contribution is 2.25. The van der Waals surface area contributed by atoms with E-state index in [1.54, 1.807) is 7.11 Å². The summed E-state index contributed by atoms with van der Waals surface area (Å²) in [5, 5.41) is 0.367. The zero-order valence-corrected chi connectivity index (χ0v) is 12.1. The first-order chi connectivity index (χ1) is 9.63. The van der Waals surface area contributed by atoms with Gasteiger partial charge in [-0.25, -0.2) is 4.39 Å². The molecule has 0 saturated carbocycles. The van der Waals surface area contributed by atoms with E-state index in [4.69, 9.17) is 21.1 Å². The van der Waals surface area contributed by atoms with Crippen LogP contribution in [0.5, 0.6) is 11.5 Å². The van der Waals surface area contributed by atoms with Gasteiger partial charge in [0.2, 0.25) is 0 Å². The van der Waals surface area contributed by atoms with E-state index in [1.165, 1.54) is 12.1 Å². The minimum atomic E-state index is -0.351. The quantitative estimate of drug-likeness (QED) is 0.799. The van der Waals surface area contributed by atoms with Crippen LogP contribution in [0.1, 0.15) is 18.1 Å². The second-order valence-corrected chi connectivity index (χ2v) is 4.62. The average molecular weight is 294 g/mol. The number of rotatable bonds is 5. The molecule has 0 atom stereocenters. The summed E-state index contributed by atoms with van der Waals surface area (Å²) < 4.78 is 24.0. The summed E-state index contributed by atoms with van der Waals surface area (Å²) in [6, 6.07) is 9.99. The third-order valence-electron chi connectivity index (χ3n) is 2.95. The molecule has 0 aliphatic heterocycles. The smallest absolute Gasteiger partial charge is 0.125 e. The van der Waals surface area contributed by atoms with Gasteiger partial charge in [0.15, 0.2) is 0 Å². The van der Waals surface area contributed by atoms with Crippen molar-refractivity contribution >= 4 is 11.6 Å². The molecule has 0 spiro atoms. The molecule has 0 aromatic heterocycles. The Balaban J connectivity index is 2.13. The predicted octanol–water partition coefficient (Wildman–Crippen LogP) is 4.64. The van der Waals surface area contributed by atoms with Gasteiger partial charge in [-0.3, -0.25) is 0 Å². The summed E-state index contributed by atoms with van der Waals surface area (Å²) in [4.78, 5) is 0. The van der Waals surface area contributed by atoms with Crippen LogP contribution >= 0.6 is 11.6 Å². The zero-order valence-electron chi connectivity index (χ0n) is 11.3. The van der Waals surface area contributed by atoms with Crippen molar-refractivity contribution in [2.75, 3.05) is 7.11 Å². The fraction of sp³-hybridized carbons (Fsp3) is 0.188. The second kappa shape index (κ2) is 6.62. The molecule has 0 heterocycles. The van der Waals surface area contributed by atoms with Crippen LogP contribution in [-0.4, -0.2) is 7.11 Å². The van der Waals surface area contributed by atoms with Crippen molar-refractivity contribution < 1.29 is 13.9 Å². The van der Waals surface area contributed by atoms with Crippen molar-refractivity contribution in [2.45, 2.75) is 13.5 Å². The fourth-order valence-electron chi connectivity index (χ4n) is 1.86. The summed E-state index contributed by atoms with van der Waals surface area (Å²) >= 11 is 6.07. The molecule has 1 radical (unpaired) electrons. The molecule has 2 nitrogen and oxygen atoms in total. The maximum Gasteiger partial charge on any atom is 0.125 e. The van der Waals surface area contributed by atoms with Crippen molar-refractivity contribution in [1.82, 2.24) is 0 Å². The summed E-state index contributed by atoms with van der Waals surface area (Å²) in [5.41, 5.74) is 1.51. The zero-order chi connectivity index (χ0) is 14.5. The van der Waals surface area contributed by atoms with Crippen LogP contribution in [0, 0.1) is 12.2 Å². The van der Waals surface area contributed by atoms with Gasteiger partial charge in [-0.05, 0) is 48.4 Å². The molecule has 0 bridgehead atoms. The Hall–Kier alpha value is -1.74. The third kappa shape index (κ3) is 3.42. The molecule has 2 aromatic carbocycles. The van der Waals surface area contributed by atoms with Crippen LogP contribution in [0.3, 0.4) is 0 Å². The Morgan fingerprint density at radius 3 is 2.40 bits per heavy atom. The minimum Gasteiger partial charge on any atom is -0.497 e. The molecular weight excluding hydrogens is 279 g/mol. The molecule has 20 heavy (non-hydrogen) atoms. The second-order valence-electron chi connectivity index (χ2n) is 4.21. The van der Waals surface area contributed by atoms with E-state index in [0.29, 0.717) is 10.8 Å². The van der Waals surface area contributed by atoms with E-state index in [2.05, 4.69) is 0 Å². The van der Waals surface area contributed by atoms with Crippen molar-refractivity contribution in [3.05, 3.63) is 64.8 Å². The Bertz CT molecular complexity index is 582. The Morgan fingerprint density at radius 2 is 1.80 bits per heavy atom. The summed E-state index contributed by atoms with van der Waals surface area (Å²) in [6.45, 7) is 2.12. The van der Waals surface area contributed by atoms with Crippen LogP contribution in [0.25, 0.3) is 0 Å². The van der Waals surface area contributed by atoms with E-state index in [-0.39, 0.29) is 12.4 Å². The predicted molar refractivity (Wildman–Crippen MR) is 77.8 cm³/mol. The molecule has 0 aliphatic carbocycles. The molecule has 0 amide bonds. The lowest BCUT2D eigenvalue weighted by Crippen LogP contribution is -2.01. The summed E-state index contributed by atoms with van der Waals surface area (Å²) in [7, 11) is 1.61. The molecule has 0 N–H and O–H groups in total. The van der Waals surface area contributed by atoms with Gasteiger partial charge in [0.05, 0.1) is 12.1 Å². The van der Waals surface area contributed by atoms with Crippen molar-refractivity contribution in [3.8, 4) is 11.5 Å². The van der Waals surface area contributed by atoms with Gasteiger partial charge in [-0.2, -0.15) is 0 Å². The number of methoxy groups -OCH3 is 1. The highest BCUT2D eigenvalue weighted by Gasteiger charge is 2.10. The maximum atomic E-state index is 13.3. The molecular formula is C16H15ClFO2.